The molecule has 1 aromatic carbocycles. The fourth-order valence-electron chi connectivity index (χ4n) is 3.61. The third kappa shape index (κ3) is 4.22. The van der Waals surface area contributed by atoms with Crippen molar-refractivity contribution in [3.8, 4) is 0 Å². The number of aryl methyl sites for hydroxylation is 2. The molecule has 1 aliphatic heterocycles. The van der Waals surface area contributed by atoms with Gasteiger partial charge in [0.15, 0.2) is 6.54 Å². The van der Waals surface area contributed by atoms with E-state index in [9.17, 15) is 4.79 Å². The zero-order valence-electron chi connectivity index (χ0n) is 14.2. The van der Waals surface area contributed by atoms with Crippen LogP contribution in [0.15, 0.2) is 27.8 Å². The molecule has 0 saturated carbocycles. The first kappa shape index (κ1) is 16.6. The minimum atomic E-state index is -0.0483. The van der Waals surface area contributed by atoms with Gasteiger partial charge in [0.1, 0.15) is 0 Å². The van der Waals surface area contributed by atoms with Crippen molar-refractivity contribution in [2.75, 3.05) is 24.2 Å². The molecule has 1 fully saturated rings. The molecule has 7 heteroatoms. The first-order valence-corrected chi connectivity index (χ1v) is 9.95. The number of nitrogens with zero attached hydrogens (tertiary/aromatic N) is 2. The highest BCUT2D eigenvalue weighted by Crippen LogP contribution is 2.25. The van der Waals surface area contributed by atoms with Crippen molar-refractivity contribution in [2.24, 2.45) is 0 Å². The van der Waals surface area contributed by atoms with E-state index in [4.69, 9.17) is 4.42 Å². The van der Waals surface area contributed by atoms with Crippen LogP contribution in [0.2, 0.25) is 0 Å². The zero-order chi connectivity index (χ0) is 17.1. The second-order valence-electron chi connectivity index (χ2n) is 6.77. The van der Waals surface area contributed by atoms with E-state index >= 15 is 0 Å². The maximum atomic E-state index is 12.1. The number of rotatable bonds is 6. The Hall–Kier alpha value is -1.86. The number of thioether (sulfide) groups is 1. The van der Waals surface area contributed by atoms with Crippen LogP contribution in [0, 0.1) is 0 Å². The number of amides is 1. The molecule has 0 spiro atoms. The molecule has 0 bridgehead atoms. The van der Waals surface area contributed by atoms with Crippen molar-refractivity contribution in [3.05, 3.63) is 35.2 Å². The van der Waals surface area contributed by atoms with Gasteiger partial charge in [0.25, 0.3) is 11.1 Å². The topological polar surface area (TPSA) is 72.5 Å². The van der Waals surface area contributed by atoms with Crippen molar-refractivity contribution in [1.82, 2.24) is 10.2 Å². The van der Waals surface area contributed by atoms with Gasteiger partial charge in [0.2, 0.25) is 5.91 Å². The van der Waals surface area contributed by atoms with Crippen LogP contribution in [0.25, 0.3) is 0 Å². The average molecular weight is 359 g/mol. The Bertz CT molecular complexity index is 755. The molecule has 2 heterocycles. The normalized spacial score (nSPS) is 17.0. The van der Waals surface area contributed by atoms with Crippen LogP contribution in [-0.2, 0) is 24.2 Å². The van der Waals surface area contributed by atoms with Gasteiger partial charge in [-0.3, -0.25) is 4.79 Å². The predicted molar refractivity (Wildman–Crippen MR) is 95.8 cm³/mol. The molecule has 1 saturated heterocycles. The molecule has 1 amide bonds. The lowest BCUT2D eigenvalue weighted by Gasteiger charge is -2.07. The number of likely N-dealkylation sites (tertiary alicyclic amines) is 1. The molecule has 0 radical (unpaired) electrons. The Balaban J connectivity index is 1.26. The van der Waals surface area contributed by atoms with Gasteiger partial charge in [0, 0.05) is 18.5 Å². The van der Waals surface area contributed by atoms with Gasteiger partial charge in [-0.05, 0) is 42.5 Å². The maximum Gasteiger partial charge on any atom is 0.277 e. The van der Waals surface area contributed by atoms with Crippen LogP contribution in [0.5, 0.6) is 0 Å². The number of fused-ring (bicyclic) bond motifs is 1. The van der Waals surface area contributed by atoms with E-state index in [0.717, 1.165) is 25.1 Å². The molecule has 2 aromatic rings. The summed E-state index contributed by atoms with van der Waals surface area (Å²) >= 11 is 1.29. The summed E-state index contributed by atoms with van der Waals surface area (Å²) < 4.78 is 5.65. The molecule has 0 atom stereocenters. The van der Waals surface area contributed by atoms with E-state index in [-0.39, 0.29) is 11.7 Å². The molecule has 4 rings (SSSR count). The molecule has 1 aliphatic carbocycles. The van der Waals surface area contributed by atoms with E-state index in [2.05, 4.69) is 27.6 Å². The van der Waals surface area contributed by atoms with Gasteiger partial charge in [-0.1, -0.05) is 17.8 Å². The first-order valence-electron chi connectivity index (χ1n) is 8.97. The third-order valence-electron chi connectivity index (χ3n) is 4.87. The van der Waals surface area contributed by atoms with E-state index < -0.39 is 0 Å². The summed E-state index contributed by atoms with van der Waals surface area (Å²) in [4.78, 5) is 13.6. The van der Waals surface area contributed by atoms with Gasteiger partial charge in [-0.2, -0.15) is 0 Å². The zero-order valence-corrected chi connectivity index (χ0v) is 15.0. The summed E-state index contributed by atoms with van der Waals surface area (Å²) in [5.74, 6) is 0.890. The number of hydrogen-bond acceptors (Lipinski definition) is 5. The number of quaternary nitrogens is 1. The summed E-state index contributed by atoms with van der Waals surface area (Å²) in [5.41, 5.74) is 3.64. The van der Waals surface area contributed by atoms with E-state index in [1.807, 2.05) is 6.07 Å². The number of nitrogens with one attached hydrogen (secondary N) is 2. The SMILES string of the molecule is O=C(CSc1nnc(C[NH+]2CCCC2)o1)Nc1ccc2c(c1)CCC2. The third-order valence-corrected chi connectivity index (χ3v) is 5.69. The summed E-state index contributed by atoms with van der Waals surface area (Å²) in [5, 5.41) is 11.6. The molecule has 25 heavy (non-hydrogen) atoms. The van der Waals surface area contributed by atoms with Crippen molar-refractivity contribution < 1.29 is 14.1 Å². The van der Waals surface area contributed by atoms with Gasteiger partial charge >= 0.3 is 0 Å². The highest BCUT2D eigenvalue weighted by Gasteiger charge is 2.19. The van der Waals surface area contributed by atoms with Crippen molar-refractivity contribution in [1.29, 1.82) is 0 Å². The van der Waals surface area contributed by atoms with Crippen LogP contribution >= 0.6 is 11.8 Å². The van der Waals surface area contributed by atoms with E-state index in [1.165, 1.54) is 60.1 Å². The standard InChI is InChI=1S/C18H22N4O2S/c23-16(19-15-7-6-13-4-3-5-14(13)10-15)12-25-18-21-20-17(24-18)11-22-8-1-2-9-22/h6-7,10H,1-5,8-9,11-12H2,(H,19,23)/p+1. The second-order valence-corrected chi connectivity index (χ2v) is 7.70. The van der Waals surface area contributed by atoms with Crippen LogP contribution in [0.1, 0.15) is 36.3 Å². The number of benzene rings is 1. The molecule has 2 aliphatic rings. The van der Waals surface area contributed by atoms with Crippen LogP contribution in [0.4, 0.5) is 5.69 Å². The number of carbonyl (C=O) groups excluding carboxylic acids is 1. The minimum absolute atomic E-state index is 0.0483. The predicted octanol–water partition coefficient (Wildman–Crippen LogP) is 1.47. The molecule has 1 aromatic heterocycles. The van der Waals surface area contributed by atoms with Crippen LogP contribution < -0.4 is 10.2 Å². The summed E-state index contributed by atoms with van der Waals surface area (Å²) in [6, 6.07) is 6.20. The highest BCUT2D eigenvalue weighted by atomic mass is 32.2. The number of hydrogen-bond donors (Lipinski definition) is 2. The smallest absolute Gasteiger partial charge is 0.277 e. The molecule has 2 N–H and O–H groups in total. The summed E-state index contributed by atoms with van der Waals surface area (Å²) in [7, 11) is 0. The van der Waals surface area contributed by atoms with Gasteiger partial charge < -0.3 is 14.6 Å². The molecule has 6 nitrogen and oxygen atoms in total. The van der Waals surface area contributed by atoms with Gasteiger partial charge in [-0.15, -0.1) is 10.2 Å². The Labute approximate surface area is 151 Å². The number of carbonyl (C=O) groups is 1. The first-order chi connectivity index (χ1) is 12.3. The van der Waals surface area contributed by atoms with Crippen molar-refractivity contribution in [2.45, 2.75) is 43.9 Å². The minimum Gasteiger partial charge on any atom is -0.410 e. The maximum absolute atomic E-state index is 12.1. The highest BCUT2D eigenvalue weighted by molar-refractivity contribution is 7.99. The molecule has 132 valence electrons. The molecule has 0 unspecified atom stereocenters. The Morgan fingerprint density at radius 2 is 2.00 bits per heavy atom. The molecular weight excluding hydrogens is 336 g/mol. The van der Waals surface area contributed by atoms with Gasteiger partial charge in [0.05, 0.1) is 18.8 Å². The Morgan fingerprint density at radius 1 is 1.16 bits per heavy atom. The summed E-state index contributed by atoms with van der Waals surface area (Å²) in [6.07, 6.45) is 6.01. The Morgan fingerprint density at radius 3 is 2.88 bits per heavy atom. The van der Waals surface area contributed by atoms with Crippen molar-refractivity contribution >= 4 is 23.4 Å². The quantitative estimate of drug-likeness (QED) is 0.764. The lowest BCUT2D eigenvalue weighted by atomic mass is 10.1. The largest absolute Gasteiger partial charge is 0.410 e. The summed E-state index contributed by atoms with van der Waals surface area (Å²) in [6.45, 7) is 3.14. The van der Waals surface area contributed by atoms with E-state index in [1.54, 1.807) is 0 Å². The van der Waals surface area contributed by atoms with Crippen LogP contribution in [-0.4, -0.2) is 34.9 Å². The Kier molecular flexibility index (Phi) is 5.03. The average Bonchev–Trinajstić information content (AvgIpc) is 3.35. The lowest BCUT2D eigenvalue weighted by Crippen LogP contribution is -3.08. The second kappa shape index (κ2) is 7.58. The fraction of sp³-hybridized carbons (Fsp3) is 0.500. The fourth-order valence-corrected chi connectivity index (χ4v) is 4.19. The van der Waals surface area contributed by atoms with Crippen LogP contribution in [0.3, 0.4) is 0 Å². The number of anilines is 1. The number of aromatic nitrogens is 2. The molecular formula is C18H23N4O2S+. The lowest BCUT2D eigenvalue weighted by molar-refractivity contribution is -0.902. The monoisotopic (exact) mass is 359 g/mol. The van der Waals surface area contributed by atoms with E-state index in [0.29, 0.717) is 11.1 Å². The van der Waals surface area contributed by atoms with Gasteiger partial charge in [-0.25, -0.2) is 0 Å². The van der Waals surface area contributed by atoms with Crippen molar-refractivity contribution in [3.63, 3.8) is 0 Å².